The van der Waals surface area contributed by atoms with Crippen LogP contribution < -0.4 is 19.5 Å². The molecule has 1 N–H and O–H groups in total. The number of rotatable bonds is 5. The third-order valence-corrected chi connectivity index (χ3v) is 3.71. The molecule has 1 aromatic rings. The first-order chi connectivity index (χ1) is 11.6. The maximum Gasteiger partial charge on any atom is 0.244 e. The maximum atomic E-state index is 12.3. The van der Waals surface area contributed by atoms with Crippen LogP contribution in [0.1, 0.15) is 46.6 Å². The molecular weight excluding hydrogens is 318 g/mol. The summed E-state index contributed by atoms with van der Waals surface area (Å²) in [5.74, 6) is 1.73. The van der Waals surface area contributed by atoms with Crippen molar-refractivity contribution in [3.63, 3.8) is 0 Å². The first-order valence-electron chi connectivity index (χ1n) is 8.57. The Morgan fingerprint density at radius 1 is 1.20 bits per heavy atom. The number of carbonyl (C=O) groups is 1. The van der Waals surface area contributed by atoms with Gasteiger partial charge in [0, 0.05) is 11.6 Å². The Hall–Kier alpha value is -2.17. The van der Waals surface area contributed by atoms with Gasteiger partial charge < -0.3 is 19.5 Å². The van der Waals surface area contributed by atoms with Crippen LogP contribution in [0.25, 0.3) is 6.08 Å². The molecule has 2 rings (SSSR count). The molecule has 0 saturated heterocycles. The lowest BCUT2D eigenvalue weighted by Crippen LogP contribution is -2.45. The van der Waals surface area contributed by atoms with Crippen molar-refractivity contribution in [1.29, 1.82) is 0 Å². The molecule has 1 heterocycles. The summed E-state index contributed by atoms with van der Waals surface area (Å²) >= 11 is 0. The topological polar surface area (TPSA) is 56.8 Å². The molecule has 1 aliphatic heterocycles. The highest BCUT2D eigenvalue weighted by Gasteiger charge is 2.26. The van der Waals surface area contributed by atoms with Crippen LogP contribution in [-0.4, -0.2) is 31.8 Å². The van der Waals surface area contributed by atoms with Crippen LogP contribution in [0, 0.1) is 5.41 Å². The fourth-order valence-corrected chi connectivity index (χ4v) is 3.31. The van der Waals surface area contributed by atoms with Gasteiger partial charge in [-0.15, -0.1) is 0 Å². The number of ether oxygens (including phenoxy) is 3. The molecule has 0 fully saturated rings. The van der Waals surface area contributed by atoms with Crippen molar-refractivity contribution in [3.8, 4) is 17.2 Å². The van der Waals surface area contributed by atoms with Crippen molar-refractivity contribution in [1.82, 2.24) is 5.32 Å². The SMILES string of the molecule is COc1cc(C=CC(=O)NC(C)(C)CC(C)(C)C)cc2c1OCCO2. The van der Waals surface area contributed by atoms with E-state index in [1.807, 2.05) is 26.0 Å². The average molecular weight is 347 g/mol. The number of fused-ring (bicyclic) bond motifs is 1. The van der Waals surface area contributed by atoms with Crippen molar-refractivity contribution < 1.29 is 19.0 Å². The number of nitrogens with one attached hydrogen (secondary N) is 1. The third kappa shape index (κ3) is 5.69. The summed E-state index contributed by atoms with van der Waals surface area (Å²) in [7, 11) is 1.59. The van der Waals surface area contributed by atoms with E-state index in [9.17, 15) is 4.79 Å². The summed E-state index contributed by atoms with van der Waals surface area (Å²) in [5, 5.41) is 3.06. The second-order valence-corrected chi connectivity index (χ2v) is 8.19. The zero-order chi connectivity index (χ0) is 18.7. The van der Waals surface area contributed by atoms with E-state index in [0.717, 1.165) is 12.0 Å². The van der Waals surface area contributed by atoms with Gasteiger partial charge >= 0.3 is 0 Å². The molecular formula is C20H29NO4. The van der Waals surface area contributed by atoms with Crippen molar-refractivity contribution in [2.45, 2.75) is 46.6 Å². The molecule has 0 radical (unpaired) electrons. The monoisotopic (exact) mass is 347 g/mol. The Bertz CT molecular complexity index is 639. The Morgan fingerprint density at radius 3 is 2.52 bits per heavy atom. The summed E-state index contributed by atoms with van der Waals surface area (Å²) in [6.07, 6.45) is 4.18. The largest absolute Gasteiger partial charge is 0.493 e. The highest BCUT2D eigenvalue weighted by atomic mass is 16.6. The van der Waals surface area contributed by atoms with Crippen LogP contribution in [0.3, 0.4) is 0 Å². The van der Waals surface area contributed by atoms with Crippen LogP contribution in [0.2, 0.25) is 0 Å². The lowest BCUT2D eigenvalue weighted by molar-refractivity contribution is -0.118. The maximum absolute atomic E-state index is 12.3. The van der Waals surface area contributed by atoms with Gasteiger partial charge in [0.2, 0.25) is 11.7 Å². The molecule has 0 bridgehead atoms. The Morgan fingerprint density at radius 2 is 1.88 bits per heavy atom. The van der Waals surface area contributed by atoms with Crippen LogP contribution in [0.15, 0.2) is 18.2 Å². The first-order valence-corrected chi connectivity index (χ1v) is 8.57. The minimum absolute atomic E-state index is 0.122. The standard InChI is InChI=1S/C20H29NO4/c1-19(2,3)13-20(4,5)21-17(22)8-7-14-11-15(23-6)18-16(12-14)24-9-10-25-18/h7-8,11-12H,9-10,13H2,1-6H3,(H,21,22). The highest BCUT2D eigenvalue weighted by Crippen LogP contribution is 2.40. The average Bonchev–Trinajstić information content (AvgIpc) is 2.49. The highest BCUT2D eigenvalue weighted by molar-refractivity contribution is 5.92. The molecule has 0 saturated carbocycles. The van der Waals surface area contributed by atoms with Crippen molar-refractivity contribution in [2.24, 2.45) is 5.41 Å². The van der Waals surface area contributed by atoms with Gasteiger partial charge in [-0.05, 0) is 49.5 Å². The second kappa shape index (κ2) is 7.38. The summed E-state index contributed by atoms with van der Waals surface area (Å²) in [6.45, 7) is 11.6. The van der Waals surface area contributed by atoms with Gasteiger partial charge in [-0.25, -0.2) is 0 Å². The van der Waals surface area contributed by atoms with Crippen LogP contribution in [-0.2, 0) is 4.79 Å². The molecule has 1 amide bonds. The smallest absolute Gasteiger partial charge is 0.244 e. The predicted molar refractivity (Wildman–Crippen MR) is 99.3 cm³/mol. The quantitative estimate of drug-likeness (QED) is 0.823. The minimum Gasteiger partial charge on any atom is -0.493 e. The molecule has 5 nitrogen and oxygen atoms in total. The van der Waals surface area contributed by atoms with E-state index >= 15 is 0 Å². The fraction of sp³-hybridized carbons (Fsp3) is 0.550. The lowest BCUT2D eigenvalue weighted by Gasteiger charge is -2.32. The molecule has 1 aliphatic rings. The number of methoxy groups -OCH3 is 1. The first kappa shape index (κ1) is 19.2. The molecule has 0 spiro atoms. The predicted octanol–water partition coefficient (Wildman–Crippen LogP) is 3.81. The van der Waals surface area contributed by atoms with Gasteiger partial charge in [-0.1, -0.05) is 20.8 Å². The van der Waals surface area contributed by atoms with Crippen LogP contribution in [0.4, 0.5) is 0 Å². The molecule has 0 aliphatic carbocycles. The number of hydrogen-bond acceptors (Lipinski definition) is 4. The zero-order valence-electron chi connectivity index (χ0n) is 16.1. The number of hydrogen-bond donors (Lipinski definition) is 1. The number of carbonyl (C=O) groups excluding carboxylic acids is 1. The second-order valence-electron chi connectivity index (χ2n) is 8.19. The molecule has 1 aromatic carbocycles. The zero-order valence-corrected chi connectivity index (χ0v) is 16.1. The number of benzene rings is 1. The van der Waals surface area contributed by atoms with Crippen LogP contribution in [0.5, 0.6) is 17.2 Å². The van der Waals surface area contributed by atoms with E-state index in [0.29, 0.717) is 30.5 Å². The molecule has 5 heteroatoms. The molecule has 0 aromatic heterocycles. The Kier molecular flexibility index (Phi) is 5.65. The van der Waals surface area contributed by atoms with E-state index in [4.69, 9.17) is 14.2 Å². The van der Waals surface area contributed by atoms with Gasteiger partial charge in [0.05, 0.1) is 7.11 Å². The molecule has 25 heavy (non-hydrogen) atoms. The van der Waals surface area contributed by atoms with E-state index in [-0.39, 0.29) is 16.9 Å². The fourth-order valence-electron chi connectivity index (χ4n) is 3.31. The molecule has 0 unspecified atom stereocenters. The Labute approximate surface area is 150 Å². The molecule has 0 atom stereocenters. The number of amides is 1. The van der Waals surface area contributed by atoms with Gasteiger partial charge in [0.15, 0.2) is 11.5 Å². The lowest BCUT2D eigenvalue weighted by atomic mass is 9.82. The summed E-state index contributed by atoms with van der Waals surface area (Å²) < 4.78 is 16.6. The summed E-state index contributed by atoms with van der Waals surface area (Å²) in [6, 6.07) is 3.68. The van der Waals surface area contributed by atoms with Gasteiger partial charge in [-0.2, -0.15) is 0 Å². The van der Waals surface area contributed by atoms with Gasteiger partial charge in [-0.3, -0.25) is 4.79 Å². The normalized spacial score (nSPS) is 14.5. The third-order valence-electron chi connectivity index (χ3n) is 3.71. The van der Waals surface area contributed by atoms with Crippen molar-refractivity contribution >= 4 is 12.0 Å². The minimum atomic E-state index is -0.274. The van der Waals surface area contributed by atoms with Gasteiger partial charge in [0.1, 0.15) is 13.2 Å². The van der Waals surface area contributed by atoms with E-state index in [1.54, 1.807) is 13.2 Å². The Balaban J connectivity index is 2.09. The molecule has 138 valence electrons. The van der Waals surface area contributed by atoms with Crippen molar-refractivity contribution in [3.05, 3.63) is 23.8 Å². The van der Waals surface area contributed by atoms with E-state index in [2.05, 4.69) is 26.1 Å². The van der Waals surface area contributed by atoms with Crippen LogP contribution >= 0.6 is 0 Å². The van der Waals surface area contributed by atoms with E-state index < -0.39 is 0 Å². The summed E-state index contributed by atoms with van der Waals surface area (Å²) in [5.41, 5.74) is 0.693. The summed E-state index contributed by atoms with van der Waals surface area (Å²) in [4.78, 5) is 12.3. The van der Waals surface area contributed by atoms with Crippen molar-refractivity contribution in [2.75, 3.05) is 20.3 Å². The van der Waals surface area contributed by atoms with E-state index in [1.165, 1.54) is 6.08 Å². The van der Waals surface area contributed by atoms with Gasteiger partial charge in [0.25, 0.3) is 0 Å².